The highest BCUT2D eigenvalue weighted by atomic mass is 16.2. The number of rotatable bonds is 9. The Kier molecular flexibility index (Phi) is 8.53. The maximum atomic E-state index is 12.5. The SMILES string of the molecule is CCC[C@@H](NC(=O)Nc1ccc(C(C)C)cc1)C(=O)NCCc1ccccc1. The number of carbonyl (C=O) groups is 2. The van der Waals surface area contributed by atoms with E-state index in [1.165, 1.54) is 11.1 Å². The third-order valence-electron chi connectivity index (χ3n) is 4.59. The summed E-state index contributed by atoms with van der Waals surface area (Å²) < 4.78 is 0. The van der Waals surface area contributed by atoms with E-state index in [9.17, 15) is 9.59 Å². The van der Waals surface area contributed by atoms with Crippen molar-refractivity contribution in [1.82, 2.24) is 10.6 Å². The molecule has 0 aliphatic heterocycles. The van der Waals surface area contributed by atoms with Crippen LogP contribution in [-0.2, 0) is 11.2 Å². The van der Waals surface area contributed by atoms with E-state index in [1.54, 1.807) is 0 Å². The zero-order valence-electron chi connectivity index (χ0n) is 17.0. The standard InChI is InChI=1S/C23H31N3O2/c1-4-8-21(22(27)24-16-15-18-9-6-5-7-10-18)26-23(28)25-20-13-11-19(12-14-20)17(2)3/h5-7,9-14,17,21H,4,8,15-16H2,1-3H3,(H,24,27)(H2,25,26,28)/t21-/m1/s1. The summed E-state index contributed by atoms with van der Waals surface area (Å²) in [6.45, 7) is 6.79. The number of urea groups is 1. The molecule has 2 aromatic carbocycles. The lowest BCUT2D eigenvalue weighted by Gasteiger charge is -2.18. The van der Waals surface area contributed by atoms with Crippen LogP contribution in [0.2, 0.25) is 0 Å². The van der Waals surface area contributed by atoms with Gasteiger partial charge in [0.25, 0.3) is 0 Å². The molecule has 150 valence electrons. The van der Waals surface area contributed by atoms with Gasteiger partial charge in [0.05, 0.1) is 0 Å². The van der Waals surface area contributed by atoms with Gasteiger partial charge in [-0.25, -0.2) is 4.79 Å². The fourth-order valence-electron chi connectivity index (χ4n) is 2.93. The monoisotopic (exact) mass is 381 g/mol. The van der Waals surface area contributed by atoms with Crippen LogP contribution in [0.25, 0.3) is 0 Å². The highest BCUT2D eigenvalue weighted by molar-refractivity contribution is 5.93. The molecular weight excluding hydrogens is 350 g/mol. The average molecular weight is 382 g/mol. The summed E-state index contributed by atoms with van der Waals surface area (Å²) in [6.07, 6.45) is 2.16. The third-order valence-corrected chi connectivity index (χ3v) is 4.59. The van der Waals surface area contributed by atoms with Crippen molar-refractivity contribution in [3.05, 3.63) is 65.7 Å². The van der Waals surface area contributed by atoms with Crippen LogP contribution in [0, 0.1) is 0 Å². The number of hydrogen-bond acceptors (Lipinski definition) is 2. The molecule has 2 aromatic rings. The molecule has 3 amide bonds. The minimum Gasteiger partial charge on any atom is -0.354 e. The molecule has 0 saturated heterocycles. The third kappa shape index (κ3) is 7.06. The van der Waals surface area contributed by atoms with Gasteiger partial charge in [-0.05, 0) is 42.0 Å². The molecule has 0 aliphatic rings. The smallest absolute Gasteiger partial charge is 0.319 e. The van der Waals surface area contributed by atoms with Gasteiger partial charge in [-0.15, -0.1) is 0 Å². The molecule has 5 heteroatoms. The molecule has 0 aliphatic carbocycles. The Bertz CT molecular complexity index is 742. The summed E-state index contributed by atoms with van der Waals surface area (Å²) in [5.74, 6) is 0.291. The minimum atomic E-state index is -0.546. The lowest BCUT2D eigenvalue weighted by molar-refractivity contribution is -0.123. The van der Waals surface area contributed by atoms with Gasteiger partial charge in [-0.1, -0.05) is 69.7 Å². The van der Waals surface area contributed by atoms with Crippen LogP contribution in [0.5, 0.6) is 0 Å². The van der Waals surface area contributed by atoms with Gasteiger partial charge in [0.2, 0.25) is 5.91 Å². The highest BCUT2D eigenvalue weighted by Gasteiger charge is 2.19. The fourth-order valence-corrected chi connectivity index (χ4v) is 2.93. The molecule has 0 radical (unpaired) electrons. The zero-order chi connectivity index (χ0) is 20.4. The summed E-state index contributed by atoms with van der Waals surface area (Å²) in [5.41, 5.74) is 3.10. The average Bonchev–Trinajstić information content (AvgIpc) is 2.68. The summed E-state index contributed by atoms with van der Waals surface area (Å²) in [7, 11) is 0. The lowest BCUT2D eigenvalue weighted by atomic mass is 10.0. The molecule has 0 bridgehead atoms. The molecule has 0 spiro atoms. The van der Waals surface area contributed by atoms with Crippen molar-refractivity contribution in [2.75, 3.05) is 11.9 Å². The molecule has 5 nitrogen and oxygen atoms in total. The molecule has 28 heavy (non-hydrogen) atoms. The van der Waals surface area contributed by atoms with Crippen LogP contribution in [0.3, 0.4) is 0 Å². The van der Waals surface area contributed by atoms with Gasteiger partial charge in [0.1, 0.15) is 6.04 Å². The highest BCUT2D eigenvalue weighted by Crippen LogP contribution is 2.17. The van der Waals surface area contributed by atoms with Crippen molar-refractivity contribution in [2.45, 2.75) is 52.0 Å². The number of nitrogens with one attached hydrogen (secondary N) is 3. The van der Waals surface area contributed by atoms with Gasteiger partial charge in [-0.2, -0.15) is 0 Å². The van der Waals surface area contributed by atoms with E-state index in [2.05, 4.69) is 29.8 Å². The van der Waals surface area contributed by atoms with Crippen molar-refractivity contribution in [2.24, 2.45) is 0 Å². The van der Waals surface area contributed by atoms with Crippen molar-refractivity contribution in [3.8, 4) is 0 Å². The largest absolute Gasteiger partial charge is 0.354 e. The second kappa shape index (κ2) is 11.1. The number of hydrogen-bond donors (Lipinski definition) is 3. The summed E-state index contributed by atoms with van der Waals surface area (Å²) in [4.78, 5) is 24.8. The van der Waals surface area contributed by atoms with Crippen molar-refractivity contribution in [3.63, 3.8) is 0 Å². The first-order chi connectivity index (χ1) is 13.5. The molecule has 0 unspecified atom stereocenters. The number of amides is 3. The van der Waals surface area contributed by atoms with Crippen molar-refractivity contribution >= 4 is 17.6 Å². The van der Waals surface area contributed by atoms with Crippen LogP contribution in [0.4, 0.5) is 10.5 Å². The topological polar surface area (TPSA) is 70.2 Å². The van der Waals surface area contributed by atoms with E-state index in [0.29, 0.717) is 24.6 Å². The number of anilines is 1. The molecule has 0 aromatic heterocycles. The van der Waals surface area contributed by atoms with Crippen LogP contribution in [-0.4, -0.2) is 24.5 Å². The maximum Gasteiger partial charge on any atom is 0.319 e. The first-order valence-corrected chi connectivity index (χ1v) is 9.98. The Morgan fingerprint density at radius 3 is 2.25 bits per heavy atom. The Hall–Kier alpha value is -2.82. The van der Waals surface area contributed by atoms with Gasteiger partial charge < -0.3 is 16.0 Å². The van der Waals surface area contributed by atoms with E-state index in [0.717, 1.165) is 12.8 Å². The second-order valence-corrected chi connectivity index (χ2v) is 7.24. The molecule has 1 atom stereocenters. The predicted octanol–water partition coefficient (Wildman–Crippen LogP) is 4.46. The Morgan fingerprint density at radius 1 is 0.964 bits per heavy atom. The van der Waals surface area contributed by atoms with E-state index < -0.39 is 6.04 Å². The van der Waals surface area contributed by atoms with Gasteiger partial charge in [0.15, 0.2) is 0 Å². The summed E-state index contributed by atoms with van der Waals surface area (Å²) in [6, 6.07) is 16.8. The Balaban J connectivity index is 1.84. The zero-order valence-corrected chi connectivity index (χ0v) is 17.0. The molecule has 0 heterocycles. The predicted molar refractivity (Wildman–Crippen MR) is 115 cm³/mol. The summed E-state index contributed by atoms with van der Waals surface area (Å²) >= 11 is 0. The normalized spacial score (nSPS) is 11.7. The second-order valence-electron chi connectivity index (χ2n) is 7.24. The molecule has 0 fully saturated rings. The Morgan fingerprint density at radius 2 is 1.64 bits per heavy atom. The quantitative estimate of drug-likeness (QED) is 0.600. The number of carbonyl (C=O) groups excluding carboxylic acids is 2. The van der Waals surface area contributed by atoms with Crippen LogP contribution in [0.15, 0.2) is 54.6 Å². The Labute approximate surface area is 167 Å². The van der Waals surface area contributed by atoms with Crippen LogP contribution < -0.4 is 16.0 Å². The van der Waals surface area contributed by atoms with E-state index in [-0.39, 0.29) is 11.9 Å². The molecule has 3 N–H and O–H groups in total. The van der Waals surface area contributed by atoms with Crippen molar-refractivity contribution < 1.29 is 9.59 Å². The first-order valence-electron chi connectivity index (χ1n) is 9.98. The molecule has 2 rings (SSSR count). The fraction of sp³-hybridized carbons (Fsp3) is 0.391. The first kappa shape index (κ1) is 21.5. The van der Waals surface area contributed by atoms with E-state index in [4.69, 9.17) is 0 Å². The summed E-state index contributed by atoms with van der Waals surface area (Å²) in [5, 5.41) is 8.52. The van der Waals surface area contributed by atoms with Gasteiger partial charge in [0, 0.05) is 12.2 Å². The van der Waals surface area contributed by atoms with Crippen molar-refractivity contribution in [1.29, 1.82) is 0 Å². The van der Waals surface area contributed by atoms with E-state index in [1.807, 2.05) is 61.5 Å². The lowest BCUT2D eigenvalue weighted by Crippen LogP contribution is -2.48. The van der Waals surface area contributed by atoms with Crippen LogP contribution in [0.1, 0.15) is 50.7 Å². The maximum absolute atomic E-state index is 12.5. The van der Waals surface area contributed by atoms with Gasteiger partial charge in [-0.3, -0.25) is 4.79 Å². The van der Waals surface area contributed by atoms with Gasteiger partial charge >= 0.3 is 6.03 Å². The van der Waals surface area contributed by atoms with Crippen LogP contribution >= 0.6 is 0 Å². The number of benzene rings is 2. The molecular formula is C23H31N3O2. The van der Waals surface area contributed by atoms with E-state index >= 15 is 0 Å². The minimum absolute atomic E-state index is 0.150. The molecule has 0 saturated carbocycles.